The van der Waals surface area contributed by atoms with Crippen LogP contribution in [0.2, 0.25) is 0 Å². The van der Waals surface area contributed by atoms with Crippen molar-refractivity contribution in [2.45, 2.75) is 50.4 Å². The molecule has 3 nitrogen and oxygen atoms in total. The van der Waals surface area contributed by atoms with Gasteiger partial charge in [0.2, 0.25) is 0 Å². The number of nitrogens with one attached hydrogen (secondary N) is 1. The van der Waals surface area contributed by atoms with Crippen LogP contribution in [0.25, 0.3) is 0 Å². The number of ether oxygens (including phenoxy) is 1. The first-order chi connectivity index (χ1) is 6.23. The third kappa shape index (κ3) is 1.60. The highest BCUT2D eigenvalue weighted by atomic mass is 16.5. The zero-order chi connectivity index (χ0) is 9.31. The molecule has 0 bridgehead atoms. The minimum Gasteiger partial charge on any atom is -0.385 e. The van der Waals surface area contributed by atoms with Gasteiger partial charge in [-0.3, -0.25) is 0 Å². The van der Waals surface area contributed by atoms with Crippen molar-refractivity contribution in [2.75, 3.05) is 13.2 Å². The van der Waals surface area contributed by atoms with Crippen molar-refractivity contribution in [3.63, 3.8) is 0 Å². The van der Waals surface area contributed by atoms with Crippen LogP contribution in [0.1, 0.15) is 32.6 Å². The van der Waals surface area contributed by atoms with Crippen LogP contribution in [0.4, 0.5) is 0 Å². The van der Waals surface area contributed by atoms with Crippen molar-refractivity contribution in [1.82, 2.24) is 5.32 Å². The first kappa shape index (κ1) is 9.44. The number of hydrogen-bond donors (Lipinski definition) is 2. The smallest absolute Gasteiger partial charge is 0.108 e. The molecule has 2 saturated heterocycles. The number of piperidine rings is 1. The summed E-state index contributed by atoms with van der Waals surface area (Å²) >= 11 is 0. The Balaban J connectivity index is 2.03. The van der Waals surface area contributed by atoms with Crippen LogP contribution >= 0.6 is 0 Å². The van der Waals surface area contributed by atoms with Gasteiger partial charge in [-0.15, -0.1) is 0 Å². The third-order valence-electron chi connectivity index (χ3n) is 3.49. The van der Waals surface area contributed by atoms with E-state index in [1.807, 2.05) is 6.92 Å². The molecule has 2 heterocycles. The highest BCUT2D eigenvalue weighted by molar-refractivity contribution is 5.00. The van der Waals surface area contributed by atoms with Gasteiger partial charge in [0, 0.05) is 19.1 Å². The van der Waals surface area contributed by atoms with Gasteiger partial charge in [0.15, 0.2) is 0 Å². The monoisotopic (exact) mass is 185 g/mol. The zero-order valence-corrected chi connectivity index (χ0v) is 8.25. The lowest BCUT2D eigenvalue weighted by atomic mass is 9.83. The quantitative estimate of drug-likeness (QED) is 0.631. The maximum atomic E-state index is 10.4. The molecule has 2 N–H and O–H groups in total. The second-order valence-corrected chi connectivity index (χ2v) is 4.26. The number of hydrogen-bond acceptors (Lipinski definition) is 3. The van der Waals surface area contributed by atoms with E-state index in [9.17, 15) is 5.11 Å². The Morgan fingerprint density at radius 2 is 2.31 bits per heavy atom. The van der Waals surface area contributed by atoms with Crippen molar-refractivity contribution in [2.24, 2.45) is 0 Å². The molecule has 2 aliphatic rings. The van der Waals surface area contributed by atoms with Crippen molar-refractivity contribution >= 4 is 0 Å². The van der Waals surface area contributed by atoms with Crippen molar-refractivity contribution in [1.29, 1.82) is 0 Å². The van der Waals surface area contributed by atoms with E-state index in [0.717, 1.165) is 19.4 Å². The topological polar surface area (TPSA) is 41.5 Å². The van der Waals surface area contributed by atoms with E-state index in [-0.39, 0.29) is 12.1 Å². The molecule has 0 amide bonds. The average Bonchev–Trinajstić information content (AvgIpc) is 2.50. The van der Waals surface area contributed by atoms with Crippen LogP contribution < -0.4 is 5.32 Å². The third-order valence-corrected chi connectivity index (χ3v) is 3.49. The molecule has 0 radical (unpaired) electrons. The van der Waals surface area contributed by atoms with E-state index < -0.39 is 5.60 Å². The van der Waals surface area contributed by atoms with Crippen LogP contribution in [-0.2, 0) is 4.74 Å². The molecular formula is C10H19NO2. The highest BCUT2D eigenvalue weighted by Gasteiger charge is 2.46. The lowest BCUT2D eigenvalue weighted by Crippen LogP contribution is -2.56. The highest BCUT2D eigenvalue weighted by Crippen LogP contribution is 2.32. The molecule has 2 aliphatic heterocycles. The molecule has 76 valence electrons. The van der Waals surface area contributed by atoms with Gasteiger partial charge in [0.1, 0.15) is 5.60 Å². The molecule has 3 unspecified atom stereocenters. The first-order valence-corrected chi connectivity index (χ1v) is 5.31. The van der Waals surface area contributed by atoms with Crippen LogP contribution in [0, 0.1) is 0 Å². The number of aliphatic hydroxyl groups is 1. The molecule has 0 aromatic rings. The molecule has 0 aliphatic carbocycles. The van der Waals surface area contributed by atoms with Gasteiger partial charge in [-0.2, -0.15) is 0 Å². The predicted molar refractivity (Wildman–Crippen MR) is 50.6 cm³/mol. The minimum absolute atomic E-state index is 0.0110. The Bertz CT molecular complexity index is 180. The van der Waals surface area contributed by atoms with Crippen LogP contribution in [0.15, 0.2) is 0 Å². The second kappa shape index (κ2) is 3.56. The van der Waals surface area contributed by atoms with Gasteiger partial charge in [-0.1, -0.05) is 6.42 Å². The maximum absolute atomic E-state index is 10.4. The van der Waals surface area contributed by atoms with E-state index in [0.29, 0.717) is 6.61 Å². The number of rotatable bonds is 1. The summed E-state index contributed by atoms with van der Waals surface area (Å²) in [6.07, 6.45) is 4.33. The Labute approximate surface area is 79.5 Å². The summed E-state index contributed by atoms with van der Waals surface area (Å²) in [6, 6.07) is 0.249. The van der Waals surface area contributed by atoms with Crippen LogP contribution in [0.5, 0.6) is 0 Å². The lowest BCUT2D eigenvalue weighted by molar-refractivity contribution is -0.0588. The first-order valence-electron chi connectivity index (χ1n) is 5.31. The van der Waals surface area contributed by atoms with Crippen LogP contribution in [0.3, 0.4) is 0 Å². The molecule has 0 spiro atoms. The molecule has 0 aromatic carbocycles. The fraction of sp³-hybridized carbons (Fsp3) is 1.00. The fourth-order valence-corrected chi connectivity index (χ4v) is 2.48. The van der Waals surface area contributed by atoms with Gasteiger partial charge in [-0.05, 0) is 26.3 Å². The summed E-state index contributed by atoms with van der Waals surface area (Å²) < 4.78 is 5.43. The van der Waals surface area contributed by atoms with Gasteiger partial charge in [0.25, 0.3) is 0 Å². The van der Waals surface area contributed by atoms with Gasteiger partial charge in [0.05, 0.1) is 6.10 Å². The van der Waals surface area contributed by atoms with Crippen LogP contribution in [-0.4, -0.2) is 36.0 Å². The fourth-order valence-electron chi connectivity index (χ4n) is 2.48. The van der Waals surface area contributed by atoms with Crippen molar-refractivity contribution in [3.8, 4) is 0 Å². The van der Waals surface area contributed by atoms with E-state index in [4.69, 9.17) is 4.74 Å². The Morgan fingerprint density at radius 1 is 1.46 bits per heavy atom. The molecule has 0 aromatic heterocycles. The molecule has 3 atom stereocenters. The molecule has 13 heavy (non-hydrogen) atoms. The van der Waals surface area contributed by atoms with Crippen molar-refractivity contribution in [3.05, 3.63) is 0 Å². The summed E-state index contributed by atoms with van der Waals surface area (Å²) in [5.41, 5.74) is -0.611. The van der Waals surface area contributed by atoms with E-state index in [2.05, 4.69) is 5.32 Å². The predicted octanol–water partition coefficient (Wildman–Crippen LogP) is 0.668. The Hall–Kier alpha value is -0.120. The summed E-state index contributed by atoms with van der Waals surface area (Å²) in [6.45, 7) is 3.72. The summed E-state index contributed by atoms with van der Waals surface area (Å²) in [4.78, 5) is 0. The van der Waals surface area contributed by atoms with E-state index in [1.165, 1.54) is 12.8 Å². The van der Waals surface area contributed by atoms with E-state index >= 15 is 0 Å². The van der Waals surface area contributed by atoms with Gasteiger partial charge < -0.3 is 15.2 Å². The molecule has 2 fully saturated rings. The van der Waals surface area contributed by atoms with Crippen molar-refractivity contribution < 1.29 is 9.84 Å². The summed E-state index contributed by atoms with van der Waals surface area (Å²) in [5.74, 6) is 0. The summed E-state index contributed by atoms with van der Waals surface area (Å²) in [7, 11) is 0. The zero-order valence-electron chi connectivity index (χ0n) is 8.25. The molecular weight excluding hydrogens is 166 g/mol. The average molecular weight is 185 g/mol. The van der Waals surface area contributed by atoms with Gasteiger partial charge in [-0.25, -0.2) is 0 Å². The SMILES string of the molecule is CC1OCCC1(O)C1CCCCN1. The Kier molecular flexibility index (Phi) is 2.58. The van der Waals surface area contributed by atoms with E-state index in [1.54, 1.807) is 0 Å². The van der Waals surface area contributed by atoms with Gasteiger partial charge >= 0.3 is 0 Å². The Morgan fingerprint density at radius 3 is 2.85 bits per heavy atom. The minimum atomic E-state index is -0.611. The molecule has 0 saturated carbocycles. The normalized spacial score (nSPS) is 46.6. The largest absolute Gasteiger partial charge is 0.385 e. The molecule has 2 rings (SSSR count). The standard InChI is InChI=1S/C10H19NO2/c1-8-10(12,5-7-13-8)9-4-2-3-6-11-9/h8-9,11-12H,2-7H2,1H3. The lowest BCUT2D eigenvalue weighted by Gasteiger charge is -2.38. The second-order valence-electron chi connectivity index (χ2n) is 4.26. The maximum Gasteiger partial charge on any atom is 0.108 e. The molecule has 3 heteroatoms. The summed E-state index contributed by atoms with van der Waals surface area (Å²) in [5, 5.41) is 13.8.